The fourth-order valence-corrected chi connectivity index (χ4v) is 4.66. The second kappa shape index (κ2) is 2.90. The number of nitrogens with zero attached hydrogens (tertiary/aromatic N) is 1. The lowest BCUT2D eigenvalue weighted by molar-refractivity contribution is 0.489. The molecule has 0 heterocycles. The summed E-state index contributed by atoms with van der Waals surface area (Å²) in [4.78, 5) is 0. The molecule has 0 fully saturated rings. The molecule has 0 aliphatic carbocycles. The summed E-state index contributed by atoms with van der Waals surface area (Å²) in [6.45, 7) is 11.6. The molecule has 84 valence electrons. The Morgan fingerprint density at radius 3 is 1.31 bits per heavy atom. The molecule has 0 atom stereocenters. The molecule has 0 aliphatic rings. The monoisotopic (exact) mass is 207 g/mol. The van der Waals surface area contributed by atoms with E-state index in [9.17, 15) is 0 Å². The van der Waals surface area contributed by atoms with Crippen molar-refractivity contribution in [2.24, 2.45) is 0 Å². The van der Waals surface area contributed by atoms with E-state index in [2.05, 4.69) is 57.0 Å². The van der Waals surface area contributed by atoms with Crippen LogP contribution in [-0.4, -0.2) is 47.7 Å². The Morgan fingerprint density at radius 1 is 0.923 bits per heavy atom. The predicted octanol–water partition coefficient (Wildman–Crippen LogP) is 3.05. The fraction of sp³-hybridized carbons (Fsp3) is 1.00. The molecule has 0 N–H and O–H groups in total. The highest BCUT2D eigenvalue weighted by Gasteiger charge is 2.49. The van der Waals surface area contributed by atoms with Crippen LogP contribution in [0.15, 0.2) is 0 Å². The molecule has 0 saturated heterocycles. The Morgan fingerprint density at radius 2 is 1.23 bits per heavy atom. The first-order valence-corrected chi connectivity index (χ1v) is 9.36. The van der Waals surface area contributed by atoms with Crippen LogP contribution in [0.3, 0.4) is 0 Å². The molecule has 0 amide bonds. The van der Waals surface area contributed by atoms with Gasteiger partial charge in [0.2, 0.25) is 0 Å². The van der Waals surface area contributed by atoms with Gasteiger partial charge in [-0.1, -0.05) is 27.7 Å². The van der Waals surface area contributed by atoms with Crippen molar-refractivity contribution < 1.29 is 0 Å². The third-order valence-electron chi connectivity index (χ3n) is 3.98. The van der Waals surface area contributed by atoms with Gasteiger partial charge in [-0.05, 0) is 30.3 Å². The van der Waals surface area contributed by atoms with Crippen molar-refractivity contribution in [2.45, 2.75) is 32.9 Å². The van der Waals surface area contributed by atoms with Crippen LogP contribution in [0.4, 0.5) is 0 Å². The minimum atomic E-state index is -1.99. The van der Waals surface area contributed by atoms with Gasteiger partial charge in [0.15, 0.2) is 0 Å². The van der Waals surface area contributed by atoms with E-state index >= 15 is 0 Å². The van der Waals surface area contributed by atoms with E-state index in [0.717, 1.165) is 18.3 Å². The largest absolute Gasteiger partial charge is 0.282 e. The molecule has 0 bridgehead atoms. The van der Waals surface area contributed by atoms with Crippen LogP contribution in [0, 0.1) is 0 Å². The normalized spacial score (nSPS) is 18.9. The first kappa shape index (κ1) is 13.3. The van der Waals surface area contributed by atoms with Crippen molar-refractivity contribution in [3.05, 3.63) is 0 Å². The first-order valence-electron chi connectivity index (χ1n) is 5.25. The molecule has 0 aromatic rings. The van der Waals surface area contributed by atoms with E-state index in [1.807, 2.05) is 0 Å². The van der Waals surface area contributed by atoms with Crippen molar-refractivity contribution in [2.75, 3.05) is 38.1 Å². The zero-order valence-corrected chi connectivity index (χ0v) is 11.7. The Labute approximate surface area is 84.3 Å². The number of hydrogen-bond acceptors (Lipinski definition) is 1. The Hall–Kier alpha value is 0.310. The third-order valence-corrected chi connectivity index (χ3v) is 11.1. The molecule has 0 radical (unpaired) electrons. The van der Waals surface area contributed by atoms with Gasteiger partial charge in [-0.3, -0.25) is 4.31 Å². The minimum absolute atomic E-state index is 0.736. The van der Waals surface area contributed by atoms with Gasteiger partial charge >= 0.3 is 0 Å². The van der Waals surface area contributed by atoms with Crippen molar-refractivity contribution >= 4 is 8.48 Å². The average molecular weight is 207 g/mol. The molecule has 0 aromatic carbocycles. The minimum Gasteiger partial charge on any atom is -0.282 e. The molecule has 0 unspecified atom stereocenters. The van der Waals surface area contributed by atoms with Crippen LogP contribution in [0.25, 0.3) is 0 Å². The maximum absolute atomic E-state index is 2.67. The molecular weight excluding hydrogens is 178 g/mol. The molecule has 0 spiro atoms. The second-order valence-corrected chi connectivity index (χ2v) is 16.3. The lowest BCUT2D eigenvalue weighted by Gasteiger charge is -2.78. The third kappa shape index (κ3) is 2.21. The molecule has 0 aliphatic heterocycles. The summed E-state index contributed by atoms with van der Waals surface area (Å²) in [5.41, 5.74) is 0. The Bertz CT molecular complexity index is 181. The summed E-state index contributed by atoms with van der Waals surface area (Å²) >= 11 is 0. The molecule has 0 saturated carbocycles. The molecule has 0 rings (SSSR count). The zero-order valence-electron chi connectivity index (χ0n) is 10.8. The predicted molar refractivity (Wildman–Crippen MR) is 69.3 cm³/mol. The van der Waals surface area contributed by atoms with E-state index in [4.69, 9.17) is 0 Å². The topological polar surface area (TPSA) is 3.24 Å². The molecule has 13 heavy (non-hydrogen) atoms. The van der Waals surface area contributed by atoms with Crippen LogP contribution in [0.1, 0.15) is 27.7 Å². The zero-order chi connectivity index (χ0) is 11.0. The standard InChI is InChI=1S/C11H29NS/c1-9-12(10-2)13(5,6,7,8)11(3)4/h11H,9-10H2,1-8H3. The Balaban J connectivity index is 5.28. The fourth-order valence-electron chi connectivity index (χ4n) is 1.70. The molecule has 2 heteroatoms. The lowest BCUT2D eigenvalue weighted by Crippen LogP contribution is -2.53. The SMILES string of the molecule is CCN(CC)S(C)(C)(C)(C)C(C)C. The quantitative estimate of drug-likeness (QED) is 0.685. The van der Waals surface area contributed by atoms with Crippen LogP contribution in [0.5, 0.6) is 0 Å². The molecule has 0 aromatic heterocycles. The van der Waals surface area contributed by atoms with Crippen molar-refractivity contribution in [3.63, 3.8) is 0 Å². The number of hydrogen-bond donors (Lipinski definition) is 0. The smallest absolute Gasteiger partial charge is 0.00313 e. The van der Waals surface area contributed by atoms with E-state index in [1.165, 1.54) is 0 Å². The van der Waals surface area contributed by atoms with Crippen molar-refractivity contribution in [1.82, 2.24) is 4.31 Å². The summed E-state index contributed by atoms with van der Waals surface area (Å²) in [5.74, 6) is 0. The average Bonchev–Trinajstić information content (AvgIpc) is 1.86. The highest BCUT2D eigenvalue weighted by atomic mass is 32.4. The summed E-state index contributed by atoms with van der Waals surface area (Å²) in [6.07, 6.45) is 9.94. The van der Waals surface area contributed by atoms with Gasteiger partial charge in [0, 0.05) is 13.1 Å². The summed E-state index contributed by atoms with van der Waals surface area (Å²) in [5, 5.41) is 0.736. The van der Waals surface area contributed by atoms with Crippen LogP contribution in [0.2, 0.25) is 0 Å². The molecule has 1 nitrogen and oxygen atoms in total. The van der Waals surface area contributed by atoms with Gasteiger partial charge < -0.3 is 0 Å². The van der Waals surface area contributed by atoms with Gasteiger partial charge in [0.25, 0.3) is 0 Å². The van der Waals surface area contributed by atoms with Gasteiger partial charge in [-0.2, -0.15) is 0 Å². The first-order chi connectivity index (χ1) is 5.49. The second-order valence-electron chi connectivity index (χ2n) is 6.39. The van der Waals surface area contributed by atoms with Gasteiger partial charge in [-0.15, -0.1) is 0 Å². The van der Waals surface area contributed by atoms with Crippen molar-refractivity contribution in [3.8, 4) is 0 Å². The van der Waals surface area contributed by atoms with Gasteiger partial charge in [0.05, 0.1) is 0 Å². The highest BCUT2D eigenvalue weighted by Crippen LogP contribution is 2.83. The van der Waals surface area contributed by atoms with E-state index < -0.39 is 8.48 Å². The van der Waals surface area contributed by atoms with Crippen LogP contribution in [-0.2, 0) is 0 Å². The van der Waals surface area contributed by atoms with E-state index in [-0.39, 0.29) is 0 Å². The van der Waals surface area contributed by atoms with Gasteiger partial charge in [0.1, 0.15) is 0 Å². The highest BCUT2D eigenvalue weighted by molar-refractivity contribution is 8.61. The van der Waals surface area contributed by atoms with Gasteiger partial charge in [-0.25, -0.2) is 8.48 Å². The van der Waals surface area contributed by atoms with Crippen LogP contribution >= 0.6 is 8.48 Å². The Kier molecular flexibility index (Phi) is 2.97. The maximum Gasteiger partial charge on any atom is 0.00313 e. The summed E-state index contributed by atoms with van der Waals surface area (Å²) in [6, 6.07) is 0. The summed E-state index contributed by atoms with van der Waals surface area (Å²) < 4.78 is 2.67. The molecular formula is C11H29NS. The van der Waals surface area contributed by atoms with E-state index in [1.54, 1.807) is 0 Å². The number of rotatable bonds is 4. The maximum atomic E-state index is 2.67. The lowest BCUT2D eigenvalue weighted by atomic mass is 10.6. The van der Waals surface area contributed by atoms with Crippen LogP contribution < -0.4 is 0 Å². The summed E-state index contributed by atoms with van der Waals surface area (Å²) in [7, 11) is -1.99. The van der Waals surface area contributed by atoms with Crippen molar-refractivity contribution in [1.29, 1.82) is 0 Å². The van der Waals surface area contributed by atoms with E-state index in [0.29, 0.717) is 0 Å².